The predicted molar refractivity (Wildman–Crippen MR) is 108 cm³/mol. The quantitative estimate of drug-likeness (QED) is 0.515. The number of anilines is 1. The van der Waals surface area contributed by atoms with Gasteiger partial charge in [0.05, 0.1) is 13.1 Å². The van der Waals surface area contributed by atoms with Crippen molar-refractivity contribution in [3.05, 3.63) is 65.2 Å². The third-order valence-electron chi connectivity index (χ3n) is 3.70. The van der Waals surface area contributed by atoms with E-state index in [1.54, 1.807) is 48.5 Å². The Morgan fingerprint density at radius 3 is 2.46 bits per heavy atom. The third kappa shape index (κ3) is 6.59. The summed E-state index contributed by atoms with van der Waals surface area (Å²) in [4.78, 5) is 34.1. The first-order chi connectivity index (χ1) is 13.4. The second-order valence-electron chi connectivity index (χ2n) is 5.89. The number of benzene rings is 2. The first-order valence-corrected chi connectivity index (χ1v) is 9.59. The van der Waals surface area contributed by atoms with Gasteiger partial charge >= 0.3 is 0 Å². The smallest absolute Gasteiger partial charge is 0.221 e. The van der Waals surface area contributed by atoms with E-state index in [4.69, 9.17) is 4.74 Å². The molecule has 2 rings (SSSR count). The molecule has 6 nitrogen and oxygen atoms in total. The number of methoxy groups -OCH3 is 1. The van der Waals surface area contributed by atoms with Crippen LogP contribution in [0.25, 0.3) is 6.08 Å². The van der Waals surface area contributed by atoms with Crippen molar-refractivity contribution >= 4 is 41.2 Å². The molecule has 0 radical (unpaired) electrons. The molecule has 1 N–H and O–H groups in total. The van der Waals surface area contributed by atoms with Crippen LogP contribution in [0.2, 0.25) is 0 Å². The molecule has 2 aromatic carbocycles. The highest BCUT2D eigenvalue weighted by Gasteiger charge is 2.09. The lowest BCUT2D eigenvalue weighted by molar-refractivity contribution is -0.301. The fraction of sp³-hybridized carbons (Fsp3) is 0.190. The summed E-state index contributed by atoms with van der Waals surface area (Å²) < 4.78 is 5.27. The van der Waals surface area contributed by atoms with Crippen LogP contribution < -0.4 is 15.2 Å². The highest BCUT2D eigenvalue weighted by atomic mass is 32.2. The Labute approximate surface area is 167 Å². The molecule has 0 saturated heterocycles. The molecule has 0 aliphatic carbocycles. The summed E-state index contributed by atoms with van der Waals surface area (Å²) in [6.07, 6.45) is 3.15. The molecular formula is C21H20NO5S-. The van der Waals surface area contributed by atoms with Crippen LogP contribution >= 0.6 is 11.8 Å². The normalized spacial score (nSPS) is 10.6. The van der Waals surface area contributed by atoms with Crippen molar-refractivity contribution in [1.82, 2.24) is 0 Å². The summed E-state index contributed by atoms with van der Waals surface area (Å²) in [7, 11) is 1.52. The van der Waals surface area contributed by atoms with Crippen molar-refractivity contribution in [2.75, 3.05) is 18.2 Å². The van der Waals surface area contributed by atoms with Crippen LogP contribution in [0.5, 0.6) is 5.75 Å². The first-order valence-electron chi connectivity index (χ1n) is 8.43. The van der Waals surface area contributed by atoms with E-state index in [9.17, 15) is 19.5 Å². The molecule has 0 bridgehead atoms. The molecule has 0 saturated carbocycles. The Morgan fingerprint density at radius 2 is 1.86 bits per heavy atom. The number of carbonyl (C=O) groups is 3. The predicted octanol–water partition coefficient (Wildman–Crippen LogP) is 2.53. The number of amides is 1. The second kappa shape index (κ2) is 10.3. The van der Waals surface area contributed by atoms with Crippen LogP contribution in [-0.2, 0) is 15.3 Å². The number of hydrogen-bond donors (Lipinski definition) is 1. The summed E-state index contributed by atoms with van der Waals surface area (Å²) in [5.74, 6) is -0.600. The lowest BCUT2D eigenvalue weighted by Crippen LogP contribution is -2.24. The van der Waals surface area contributed by atoms with Crippen LogP contribution in [0.4, 0.5) is 5.69 Å². The Balaban J connectivity index is 2.09. The molecular weight excluding hydrogens is 378 g/mol. The third-order valence-corrected chi connectivity index (χ3v) is 4.66. The highest BCUT2D eigenvalue weighted by molar-refractivity contribution is 7.99. The number of nitrogens with one attached hydrogen (secondary N) is 1. The Morgan fingerprint density at radius 1 is 1.14 bits per heavy atom. The van der Waals surface area contributed by atoms with Gasteiger partial charge in [0.15, 0.2) is 5.78 Å². The van der Waals surface area contributed by atoms with Crippen LogP contribution in [0.1, 0.15) is 28.4 Å². The number of aliphatic carboxylic acids is 1. The molecule has 28 heavy (non-hydrogen) atoms. The molecule has 0 atom stereocenters. The van der Waals surface area contributed by atoms with E-state index >= 15 is 0 Å². The van der Waals surface area contributed by atoms with E-state index in [0.717, 1.165) is 11.1 Å². The van der Waals surface area contributed by atoms with E-state index in [1.807, 2.05) is 0 Å². The fourth-order valence-electron chi connectivity index (χ4n) is 2.44. The van der Waals surface area contributed by atoms with Crippen LogP contribution in [-0.4, -0.2) is 30.5 Å². The lowest BCUT2D eigenvalue weighted by atomic mass is 10.1. The van der Waals surface area contributed by atoms with Gasteiger partial charge in [0, 0.05) is 35.2 Å². The zero-order valence-electron chi connectivity index (χ0n) is 15.6. The molecule has 0 aliphatic heterocycles. The van der Waals surface area contributed by atoms with Gasteiger partial charge in [0.2, 0.25) is 5.91 Å². The van der Waals surface area contributed by atoms with Gasteiger partial charge in [-0.15, -0.1) is 0 Å². The van der Waals surface area contributed by atoms with Gasteiger partial charge in [0.1, 0.15) is 5.75 Å². The molecule has 0 aliphatic rings. The summed E-state index contributed by atoms with van der Waals surface area (Å²) in [5.41, 5.74) is 2.73. The number of ketones is 1. The summed E-state index contributed by atoms with van der Waals surface area (Å²) >= 11 is 1.18. The lowest BCUT2D eigenvalue weighted by Gasteiger charge is -2.10. The van der Waals surface area contributed by atoms with E-state index in [2.05, 4.69) is 5.32 Å². The SMILES string of the molecule is COc1ccc(C(=O)/C=C/c2ccc(NC(C)=O)cc2)cc1CSCC(=O)[O-]. The summed E-state index contributed by atoms with van der Waals surface area (Å²) in [6, 6.07) is 12.2. The van der Waals surface area contributed by atoms with Crippen molar-refractivity contribution in [1.29, 1.82) is 0 Å². The minimum Gasteiger partial charge on any atom is -0.549 e. The molecule has 0 spiro atoms. The maximum Gasteiger partial charge on any atom is 0.221 e. The topological polar surface area (TPSA) is 95.5 Å². The minimum atomic E-state index is -1.14. The van der Waals surface area contributed by atoms with E-state index in [0.29, 0.717) is 22.8 Å². The largest absolute Gasteiger partial charge is 0.549 e. The number of hydrogen-bond acceptors (Lipinski definition) is 6. The molecule has 7 heteroatoms. The summed E-state index contributed by atoms with van der Waals surface area (Å²) in [6.45, 7) is 1.44. The van der Waals surface area contributed by atoms with Crippen molar-refractivity contribution in [2.24, 2.45) is 0 Å². The van der Waals surface area contributed by atoms with Crippen molar-refractivity contribution in [3.8, 4) is 5.75 Å². The Bertz CT molecular complexity index is 890. The fourth-order valence-corrected chi connectivity index (χ4v) is 3.15. The standard InChI is InChI=1S/C21H21NO5S/c1-14(23)22-18-7-3-15(4-8-18)5-9-19(24)16-6-10-20(27-2)17(11-16)12-28-13-21(25)26/h3-11H,12-13H2,1-2H3,(H,22,23)(H,25,26)/p-1/b9-5+. The van der Waals surface area contributed by atoms with E-state index in [-0.39, 0.29) is 17.4 Å². The van der Waals surface area contributed by atoms with Gasteiger partial charge in [-0.3, -0.25) is 9.59 Å². The molecule has 0 fully saturated rings. The van der Waals surface area contributed by atoms with Crippen LogP contribution in [0, 0.1) is 0 Å². The molecule has 1 amide bonds. The van der Waals surface area contributed by atoms with E-state index in [1.165, 1.54) is 31.9 Å². The first kappa shape index (κ1) is 21.2. The highest BCUT2D eigenvalue weighted by Crippen LogP contribution is 2.25. The monoisotopic (exact) mass is 398 g/mol. The van der Waals surface area contributed by atoms with Gasteiger partial charge in [0.25, 0.3) is 0 Å². The van der Waals surface area contributed by atoms with E-state index < -0.39 is 5.97 Å². The van der Waals surface area contributed by atoms with Gasteiger partial charge < -0.3 is 20.0 Å². The van der Waals surface area contributed by atoms with Gasteiger partial charge in [-0.25, -0.2) is 0 Å². The van der Waals surface area contributed by atoms with Gasteiger partial charge in [-0.05, 0) is 42.0 Å². The number of thioether (sulfide) groups is 1. The zero-order chi connectivity index (χ0) is 20.5. The molecule has 2 aromatic rings. The summed E-state index contributed by atoms with van der Waals surface area (Å²) in [5, 5.41) is 13.2. The number of carboxylic acid groups (broad SMARTS) is 1. The van der Waals surface area contributed by atoms with Gasteiger partial charge in [-0.1, -0.05) is 18.2 Å². The average molecular weight is 398 g/mol. The number of rotatable bonds is 9. The Kier molecular flexibility index (Phi) is 7.83. The van der Waals surface area contributed by atoms with Crippen molar-refractivity contribution in [2.45, 2.75) is 12.7 Å². The maximum absolute atomic E-state index is 12.5. The maximum atomic E-state index is 12.5. The Hall–Kier alpha value is -3.06. The molecule has 0 unspecified atom stereocenters. The molecule has 0 aromatic heterocycles. The van der Waals surface area contributed by atoms with Crippen molar-refractivity contribution < 1.29 is 24.2 Å². The number of allylic oxidation sites excluding steroid dienone is 1. The minimum absolute atomic E-state index is 0.129. The van der Waals surface area contributed by atoms with Crippen LogP contribution in [0.3, 0.4) is 0 Å². The molecule has 146 valence electrons. The average Bonchev–Trinajstić information content (AvgIpc) is 2.66. The second-order valence-corrected chi connectivity index (χ2v) is 6.88. The number of carbonyl (C=O) groups excluding carboxylic acids is 3. The number of carboxylic acids is 1. The van der Waals surface area contributed by atoms with Crippen molar-refractivity contribution in [3.63, 3.8) is 0 Å². The molecule has 0 heterocycles. The zero-order valence-corrected chi connectivity index (χ0v) is 16.4. The van der Waals surface area contributed by atoms with Crippen LogP contribution in [0.15, 0.2) is 48.5 Å². The van der Waals surface area contributed by atoms with Gasteiger partial charge in [-0.2, -0.15) is 11.8 Å². The number of ether oxygens (including phenoxy) is 1.